The molecule has 0 aliphatic carbocycles. The van der Waals surface area contributed by atoms with E-state index in [1.807, 2.05) is 24.4 Å². The molecule has 2 aliphatic rings. The summed E-state index contributed by atoms with van der Waals surface area (Å²) in [6.45, 7) is 10.8. The van der Waals surface area contributed by atoms with Crippen molar-refractivity contribution in [2.24, 2.45) is 0 Å². The largest absolute Gasteiger partial charge is 0.352 e. The smallest absolute Gasteiger partial charge is 0.234 e. The molecular weight excluding hydrogens is 352 g/mol. The first kappa shape index (κ1) is 19.4. The van der Waals surface area contributed by atoms with Gasteiger partial charge in [0.2, 0.25) is 5.91 Å². The number of aromatic nitrogens is 2. The van der Waals surface area contributed by atoms with E-state index in [0.717, 1.165) is 76.5 Å². The molecule has 1 amide bonds. The summed E-state index contributed by atoms with van der Waals surface area (Å²) in [6.07, 6.45) is 6.30. The third-order valence-electron chi connectivity index (χ3n) is 6.03. The Hall–Kier alpha value is -1.96. The lowest BCUT2D eigenvalue weighted by Crippen LogP contribution is -2.51. The minimum atomic E-state index is 0.184. The number of piperazine rings is 1. The van der Waals surface area contributed by atoms with Gasteiger partial charge in [-0.25, -0.2) is 4.98 Å². The monoisotopic (exact) mass is 384 g/mol. The summed E-state index contributed by atoms with van der Waals surface area (Å²) >= 11 is 0. The minimum Gasteiger partial charge on any atom is -0.352 e. The molecule has 0 saturated carbocycles. The zero-order valence-electron chi connectivity index (χ0n) is 16.9. The highest BCUT2D eigenvalue weighted by atomic mass is 16.2. The van der Waals surface area contributed by atoms with Crippen LogP contribution in [0.2, 0.25) is 0 Å². The maximum Gasteiger partial charge on any atom is 0.234 e. The number of likely N-dealkylation sites (tertiary alicyclic amines) is 1. The van der Waals surface area contributed by atoms with Crippen LogP contribution in [0.3, 0.4) is 0 Å². The summed E-state index contributed by atoms with van der Waals surface area (Å²) in [4.78, 5) is 24.3. The summed E-state index contributed by atoms with van der Waals surface area (Å²) in [5.74, 6) is 0.184. The quantitative estimate of drug-likeness (QED) is 0.807. The van der Waals surface area contributed by atoms with Crippen LogP contribution in [0, 0.1) is 0 Å². The fourth-order valence-electron chi connectivity index (χ4n) is 4.27. The molecule has 7 nitrogen and oxygen atoms in total. The summed E-state index contributed by atoms with van der Waals surface area (Å²) in [5.41, 5.74) is 2.10. The van der Waals surface area contributed by atoms with E-state index in [1.54, 1.807) is 0 Å². The van der Waals surface area contributed by atoms with E-state index >= 15 is 0 Å². The molecule has 2 saturated heterocycles. The number of hydrogen-bond acceptors (Lipinski definition) is 5. The van der Waals surface area contributed by atoms with Crippen molar-refractivity contribution in [3.63, 3.8) is 0 Å². The first-order valence-corrected chi connectivity index (χ1v) is 10.6. The van der Waals surface area contributed by atoms with Gasteiger partial charge in [0.15, 0.2) is 0 Å². The second kappa shape index (κ2) is 9.03. The Labute approximate surface area is 167 Å². The van der Waals surface area contributed by atoms with Crippen molar-refractivity contribution in [3.05, 3.63) is 36.3 Å². The van der Waals surface area contributed by atoms with E-state index in [4.69, 9.17) is 4.98 Å². The van der Waals surface area contributed by atoms with E-state index < -0.39 is 0 Å². The van der Waals surface area contributed by atoms with Gasteiger partial charge in [-0.05, 0) is 31.5 Å². The maximum atomic E-state index is 12.4. The van der Waals surface area contributed by atoms with Crippen molar-refractivity contribution < 1.29 is 4.79 Å². The average molecular weight is 385 g/mol. The molecule has 152 valence electrons. The zero-order chi connectivity index (χ0) is 19.3. The van der Waals surface area contributed by atoms with Gasteiger partial charge in [-0.1, -0.05) is 13.0 Å². The van der Waals surface area contributed by atoms with Crippen molar-refractivity contribution in [1.82, 2.24) is 29.4 Å². The van der Waals surface area contributed by atoms with Gasteiger partial charge in [0.05, 0.1) is 12.2 Å². The van der Waals surface area contributed by atoms with Crippen molar-refractivity contribution in [2.75, 3.05) is 52.4 Å². The van der Waals surface area contributed by atoms with Crippen LogP contribution in [-0.2, 0) is 11.3 Å². The molecule has 4 rings (SSSR count). The molecule has 7 heteroatoms. The lowest BCUT2D eigenvalue weighted by atomic mass is 10.1. The Morgan fingerprint density at radius 3 is 2.54 bits per heavy atom. The van der Waals surface area contributed by atoms with Crippen molar-refractivity contribution in [3.8, 4) is 0 Å². The first-order valence-electron chi connectivity index (χ1n) is 10.6. The number of fused-ring (bicyclic) bond motifs is 1. The Morgan fingerprint density at radius 2 is 1.82 bits per heavy atom. The molecule has 0 radical (unpaired) electrons. The van der Waals surface area contributed by atoms with Crippen LogP contribution >= 0.6 is 0 Å². The molecule has 1 N–H and O–H groups in total. The Morgan fingerprint density at radius 1 is 1.07 bits per heavy atom. The van der Waals surface area contributed by atoms with E-state index in [2.05, 4.69) is 37.5 Å². The summed E-state index contributed by atoms with van der Waals surface area (Å²) < 4.78 is 2.07. The number of imidazole rings is 1. The lowest BCUT2D eigenvalue weighted by Gasteiger charge is -2.35. The number of piperidine rings is 1. The molecular formula is C21H32N6O. The molecule has 28 heavy (non-hydrogen) atoms. The van der Waals surface area contributed by atoms with E-state index in [-0.39, 0.29) is 5.91 Å². The Balaban J connectivity index is 1.18. The molecule has 2 aromatic heterocycles. The number of rotatable bonds is 6. The maximum absolute atomic E-state index is 12.4. The highest BCUT2D eigenvalue weighted by Gasteiger charge is 2.23. The second-order valence-electron chi connectivity index (χ2n) is 8.03. The van der Waals surface area contributed by atoms with Crippen molar-refractivity contribution in [1.29, 1.82) is 0 Å². The van der Waals surface area contributed by atoms with Crippen LogP contribution in [0.15, 0.2) is 30.6 Å². The van der Waals surface area contributed by atoms with Crippen LogP contribution in [0.1, 0.15) is 25.5 Å². The van der Waals surface area contributed by atoms with Crippen LogP contribution < -0.4 is 5.32 Å². The summed E-state index contributed by atoms with van der Waals surface area (Å²) in [5, 5.41) is 3.24. The van der Waals surface area contributed by atoms with Gasteiger partial charge >= 0.3 is 0 Å². The highest BCUT2D eigenvalue weighted by Crippen LogP contribution is 2.11. The fourth-order valence-corrected chi connectivity index (χ4v) is 4.27. The van der Waals surface area contributed by atoms with Gasteiger partial charge in [-0.3, -0.25) is 14.6 Å². The molecule has 2 aliphatic heterocycles. The third kappa shape index (κ3) is 4.90. The second-order valence-corrected chi connectivity index (χ2v) is 8.03. The molecule has 4 heterocycles. The number of hydrogen-bond donors (Lipinski definition) is 1. The van der Waals surface area contributed by atoms with Crippen molar-refractivity contribution >= 4 is 11.6 Å². The molecule has 0 bridgehead atoms. The number of nitrogens with zero attached hydrogens (tertiary/aromatic N) is 5. The Bertz CT molecular complexity index is 741. The molecule has 0 unspecified atom stereocenters. The van der Waals surface area contributed by atoms with Crippen molar-refractivity contribution in [2.45, 2.75) is 32.4 Å². The van der Waals surface area contributed by atoms with Crippen LogP contribution in [0.5, 0.6) is 0 Å². The van der Waals surface area contributed by atoms with E-state index in [9.17, 15) is 4.79 Å². The number of carbonyl (C=O) groups is 1. The van der Waals surface area contributed by atoms with Gasteiger partial charge in [0, 0.05) is 64.2 Å². The number of carbonyl (C=O) groups excluding carboxylic acids is 1. The summed E-state index contributed by atoms with van der Waals surface area (Å²) in [6, 6.07) is 6.43. The van der Waals surface area contributed by atoms with Gasteiger partial charge < -0.3 is 14.6 Å². The van der Waals surface area contributed by atoms with Gasteiger partial charge in [0.25, 0.3) is 0 Å². The number of nitrogens with one attached hydrogen (secondary N) is 1. The van der Waals surface area contributed by atoms with Crippen LogP contribution in [0.4, 0.5) is 0 Å². The predicted molar refractivity (Wildman–Crippen MR) is 110 cm³/mol. The van der Waals surface area contributed by atoms with E-state index in [0.29, 0.717) is 12.6 Å². The third-order valence-corrected chi connectivity index (χ3v) is 6.03. The Kier molecular flexibility index (Phi) is 6.24. The van der Waals surface area contributed by atoms with Gasteiger partial charge in [-0.2, -0.15) is 0 Å². The number of amides is 1. The van der Waals surface area contributed by atoms with Gasteiger partial charge in [0.1, 0.15) is 5.65 Å². The standard InChI is InChI=1S/C21H32N6O/c1-2-24-9-6-18(7-10-24)23-21(28)17-26-13-11-25(12-14-26)15-19-16-27-8-4-3-5-20(27)22-19/h3-5,8,16,18H,2,6-7,9-15,17H2,1H3,(H,23,28). The number of pyridine rings is 1. The molecule has 2 fully saturated rings. The predicted octanol–water partition coefficient (Wildman–Crippen LogP) is 1.05. The lowest BCUT2D eigenvalue weighted by molar-refractivity contribution is -0.123. The fraction of sp³-hybridized carbons (Fsp3) is 0.619. The van der Waals surface area contributed by atoms with E-state index in [1.165, 1.54) is 0 Å². The average Bonchev–Trinajstić information content (AvgIpc) is 3.12. The highest BCUT2D eigenvalue weighted by molar-refractivity contribution is 5.78. The molecule has 0 spiro atoms. The topological polar surface area (TPSA) is 56.1 Å². The summed E-state index contributed by atoms with van der Waals surface area (Å²) in [7, 11) is 0. The first-order chi connectivity index (χ1) is 13.7. The molecule has 0 atom stereocenters. The van der Waals surface area contributed by atoms with Gasteiger partial charge in [-0.15, -0.1) is 0 Å². The minimum absolute atomic E-state index is 0.184. The SMILES string of the molecule is CCN1CCC(NC(=O)CN2CCN(Cc3cn4ccccc4n3)CC2)CC1. The van der Waals surface area contributed by atoms with Crippen LogP contribution in [0.25, 0.3) is 5.65 Å². The van der Waals surface area contributed by atoms with Crippen LogP contribution in [-0.4, -0.2) is 88.4 Å². The normalized spacial score (nSPS) is 20.6. The molecule has 0 aromatic carbocycles. The molecule has 2 aromatic rings. The zero-order valence-corrected chi connectivity index (χ0v) is 16.9.